The van der Waals surface area contributed by atoms with E-state index in [0.717, 1.165) is 36.6 Å². The Morgan fingerprint density at radius 2 is 1.44 bits per heavy atom. The number of rotatable bonds is 11. The fraction of sp³-hybridized carbons (Fsp3) is 0.545. The standard InChI is InChI=1S/C22H32O3S.K/c1-3-5-7-9-12-18-16-19(13-10-8-6-4-2)20-14-11-15-22(21(20)17-18)26(23,24)25;/h11,14-17H,3-10,12-13H2,1-2H3,(H,23,24,25);/q;+1/p-1. The summed E-state index contributed by atoms with van der Waals surface area (Å²) in [5.41, 5.74) is 2.32. The fourth-order valence-corrected chi connectivity index (χ4v) is 4.25. The number of benzene rings is 2. The first kappa shape index (κ1) is 25.3. The maximum absolute atomic E-state index is 11.7. The molecule has 0 unspecified atom stereocenters. The summed E-state index contributed by atoms with van der Waals surface area (Å²) in [4.78, 5) is -0.0831. The molecule has 0 aliphatic rings. The second kappa shape index (κ2) is 12.7. The third-order valence-electron chi connectivity index (χ3n) is 4.99. The van der Waals surface area contributed by atoms with Gasteiger partial charge in [0, 0.05) is 0 Å². The summed E-state index contributed by atoms with van der Waals surface area (Å²) in [5.74, 6) is 0. The Hall–Kier alpha value is 0.246. The molecule has 2 rings (SSSR count). The summed E-state index contributed by atoms with van der Waals surface area (Å²) in [7, 11) is -4.47. The van der Waals surface area contributed by atoms with E-state index in [9.17, 15) is 13.0 Å². The van der Waals surface area contributed by atoms with E-state index in [0.29, 0.717) is 5.39 Å². The topological polar surface area (TPSA) is 57.2 Å². The Kier molecular flexibility index (Phi) is 11.9. The molecular weight excluding hydrogens is 383 g/mol. The van der Waals surface area contributed by atoms with Crippen LogP contribution in [-0.2, 0) is 23.0 Å². The van der Waals surface area contributed by atoms with Crippen LogP contribution >= 0.6 is 0 Å². The molecule has 0 spiro atoms. The van der Waals surface area contributed by atoms with Gasteiger partial charge in [-0.1, -0.05) is 70.6 Å². The van der Waals surface area contributed by atoms with Crippen LogP contribution in [-0.4, -0.2) is 13.0 Å². The Morgan fingerprint density at radius 3 is 2.04 bits per heavy atom. The van der Waals surface area contributed by atoms with Crippen LogP contribution in [0.5, 0.6) is 0 Å². The molecule has 0 amide bonds. The summed E-state index contributed by atoms with van der Waals surface area (Å²) in [5, 5.41) is 1.51. The average molecular weight is 415 g/mol. The number of aryl methyl sites for hydroxylation is 2. The normalized spacial score (nSPS) is 11.5. The van der Waals surface area contributed by atoms with E-state index in [-0.39, 0.29) is 56.3 Å². The van der Waals surface area contributed by atoms with Crippen molar-refractivity contribution < 1.29 is 64.4 Å². The number of fused-ring (bicyclic) bond motifs is 1. The molecule has 0 bridgehead atoms. The van der Waals surface area contributed by atoms with Gasteiger partial charge in [0.2, 0.25) is 0 Å². The van der Waals surface area contributed by atoms with Gasteiger partial charge in [-0.25, -0.2) is 8.42 Å². The average Bonchev–Trinajstić information content (AvgIpc) is 2.61. The predicted molar refractivity (Wildman–Crippen MR) is 108 cm³/mol. The van der Waals surface area contributed by atoms with Crippen molar-refractivity contribution in [2.24, 2.45) is 0 Å². The third-order valence-corrected chi connectivity index (χ3v) is 5.88. The van der Waals surface area contributed by atoms with Gasteiger partial charge < -0.3 is 4.55 Å². The molecule has 0 N–H and O–H groups in total. The minimum Gasteiger partial charge on any atom is -0.744 e. The van der Waals surface area contributed by atoms with Crippen LogP contribution in [0.3, 0.4) is 0 Å². The van der Waals surface area contributed by atoms with Crippen molar-refractivity contribution in [3.8, 4) is 0 Å². The molecule has 0 aliphatic carbocycles. The van der Waals surface area contributed by atoms with Crippen molar-refractivity contribution in [3.63, 3.8) is 0 Å². The number of hydrogen-bond donors (Lipinski definition) is 0. The minimum absolute atomic E-state index is 0. The Bertz CT molecular complexity index is 816. The first-order valence-electron chi connectivity index (χ1n) is 9.97. The SMILES string of the molecule is CCCCCCc1cc(CCCCCC)c2cccc(S(=O)(=O)[O-])c2c1.[K+]. The molecule has 5 heteroatoms. The summed E-state index contributed by atoms with van der Waals surface area (Å²) in [6.45, 7) is 4.38. The molecule has 0 saturated heterocycles. The van der Waals surface area contributed by atoms with Crippen LogP contribution in [0.2, 0.25) is 0 Å². The zero-order valence-corrected chi connectivity index (χ0v) is 21.0. The van der Waals surface area contributed by atoms with E-state index in [1.165, 1.54) is 50.2 Å². The summed E-state index contributed by atoms with van der Waals surface area (Å²) in [6.07, 6.45) is 11.2. The predicted octanol–water partition coefficient (Wildman–Crippen LogP) is 2.99. The first-order valence-corrected chi connectivity index (χ1v) is 11.4. The van der Waals surface area contributed by atoms with Gasteiger partial charge in [-0.05, 0) is 59.7 Å². The molecule has 0 aromatic heterocycles. The number of hydrogen-bond acceptors (Lipinski definition) is 3. The van der Waals surface area contributed by atoms with Crippen molar-refractivity contribution in [2.75, 3.05) is 0 Å². The van der Waals surface area contributed by atoms with E-state index >= 15 is 0 Å². The molecule has 2 aromatic rings. The molecule has 0 heterocycles. The van der Waals surface area contributed by atoms with Crippen molar-refractivity contribution in [1.29, 1.82) is 0 Å². The summed E-state index contributed by atoms with van der Waals surface area (Å²) >= 11 is 0. The van der Waals surface area contributed by atoms with E-state index in [1.54, 1.807) is 6.07 Å². The van der Waals surface area contributed by atoms with Gasteiger partial charge in [-0.2, -0.15) is 0 Å². The molecule has 0 saturated carbocycles. The van der Waals surface area contributed by atoms with Crippen molar-refractivity contribution in [1.82, 2.24) is 0 Å². The number of unbranched alkanes of at least 4 members (excludes halogenated alkanes) is 6. The van der Waals surface area contributed by atoms with Crippen LogP contribution in [0.15, 0.2) is 35.2 Å². The molecule has 0 radical (unpaired) electrons. The second-order valence-electron chi connectivity index (χ2n) is 7.18. The summed E-state index contributed by atoms with van der Waals surface area (Å²) < 4.78 is 35.1. The van der Waals surface area contributed by atoms with Crippen LogP contribution in [0.25, 0.3) is 10.8 Å². The quantitative estimate of drug-likeness (QED) is 0.323. The van der Waals surface area contributed by atoms with E-state index in [1.807, 2.05) is 12.1 Å². The Balaban J connectivity index is 0.00000364. The Labute approximate surface area is 207 Å². The molecule has 2 aromatic carbocycles. The largest absolute Gasteiger partial charge is 1.00 e. The van der Waals surface area contributed by atoms with Crippen LogP contribution in [0.4, 0.5) is 0 Å². The van der Waals surface area contributed by atoms with Gasteiger partial charge in [-0.15, -0.1) is 0 Å². The second-order valence-corrected chi connectivity index (χ2v) is 8.53. The molecule has 3 nitrogen and oxygen atoms in total. The Morgan fingerprint density at radius 1 is 0.815 bits per heavy atom. The third kappa shape index (κ3) is 7.88. The molecule has 27 heavy (non-hydrogen) atoms. The molecule has 144 valence electrons. The van der Waals surface area contributed by atoms with Crippen LogP contribution < -0.4 is 51.4 Å². The first-order chi connectivity index (χ1) is 12.5. The van der Waals surface area contributed by atoms with Gasteiger partial charge in [0.1, 0.15) is 10.1 Å². The molecule has 0 fully saturated rings. The van der Waals surface area contributed by atoms with Crippen molar-refractivity contribution in [2.45, 2.75) is 83.0 Å². The van der Waals surface area contributed by atoms with Gasteiger partial charge in [-0.3, -0.25) is 0 Å². The molecule has 0 aliphatic heterocycles. The maximum atomic E-state index is 11.7. The fourth-order valence-electron chi connectivity index (χ4n) is 3.57. The maximum Gasteiger partial charge on any atom is 1.00 e. The zero-order chi connectivity index (χ0) is 19.0. The smallest absolute Gasteiger partial charge is 0.744 e. The van der Waals surface area contributed by atoms with Gasteiger partial charge >= 0.3 is 51.4 Å². The van der Waals surface area contributed by atoms with Crippen LogP contribution in [0, 0.1) is 0 Å². The zero-order valence-electron chi connectivity index (χ0n) is 17.1. The van der Waals surface area contributed by atoms with E-state index in [4.69, 9.17) is 0 Å². The van der Waals surface area contributed by atoms with Gasteiger partial charge in [0.05, 0.1) is 4.90 Å². The monoisotopic (exact) mass is 414 g/mol. The van der Waals surface area contributed by atoms with Crippen LogP contribution in [0.1, 0.15) is 76.3 Å². The molecule has 0 atom stereocenters. The van der Waals surface area contributed by atoms with Gasteiger partial charge in [0.15, 0.2) is 0 Å². The van der Waals surface area contributed by atoms with Crippen molar-refractivity contribution >= 4 is 20.9 Å². The van der Waals surface area contributed by atoms with E-state index < -0.39 is 10.1 Å². The summed E-state index contributed by atoms with van der Waals surface area (Å²) in [6, 6.07) is 9.21. The minimum atomic E-state index is -4.47. The van der Waals surface area contributed by atoms with Crippen molar-refractivity contribution in [3.05, 3.63) is 41.5 Å². The van der Waals surface area contributed by atoms with E-state index in [2.05, 4.69) is 19.9 Å². The van der Waals surface area contributed by atoms with Gasteiger partial charge in [0.25, 0.3) is 0 Å². The molecular formula is C22H31KO3S.